The van der Waals surface area contributed by atoms with Gasteiger partial charge in [0.05, 0.1) is 14.2 Å². The molecule has 0 aliphatic carbocycles. The first-order valence-corrected chi connectivity index (χ1v) is 7.51. The van der Waals surface area contributed by atoms with Gasteiger partial charge in [-0.1, -0.05) is 18.2 Å². The SMILES string of the molecule is COc1cccc(NC(=O)C[NH+](C)[C@H](C)c2ccc(F)cc2)c1. The Morgan fingerprint density at radius 2 is 1.96 bits per heavy atom. The molecule has 122 valence electrons. The van der Waals surface area contributed by atoms with Gasteiger partial charge < -0.3 is 15.0 Å². The van der Waals surface area contributed by atoms with Crippen molar-refractivity contribution in [3.63, 3.8) is 0 Å². The number of rotatable bonds is 6. The summed E-state index contributed by atoms with van der Waals surface area (Å²) >= 11 is 0. The lowest BCUT2D eigenvalue weighted by Gasteiger charge is -2.21. The molecule has 1 unspecified atom stereocenters. The summed E-state index contributed by atoms with van der Waals surface area (Å²) < 4.78 is 18.1. The van der Waals surface area contributed by atoms with E-state index in [1.54, 1.807) is 25.3 Å². The summed E-state index contributed by atoms with van der Waals surface area (Å²) in [4.78, 5) is 13.2. The quantitative estimate of drug-likeness (QED) is 0.856. The lowest BCUT2D eigenvalue weighted by Crippen LogP contribution is -3.10. The average Bonchev–Trinajstić information content (AvgIpc) is 2.54. The number of methoxy groups -OCH3 is 1. The molecule has 0 radical (unpaired) electrons. The van der Waals surface area contributed by atoms with Crippen LogP contribution in [0.1, 0.15) is 18.5 Å². The topological polar surface area (TPSA) is 42.8 Å². The number of carbonyl (C=O) groups is 1. The number of amides is 1. The maximum atomic E-state index is 13.0. The van der Waals surface area contributed by atoms with E-state index < -0.39 is 0 Å². The molecule has 0 saturated carbocycles. The van der Waals surface area contributed by atoms with E-state index in [-0.39, 0.29) is 17.8 Å². The Hall–Kier alpha value is -2.40. The fraction of sp³-hybridized carbons (Fsp3) is 0.278. The zero-order valence-electron chi connectivity index (χ0n) is 13.6. The molecule has 0 heterocycles. The lowest BCUT2D eigenvalue weighted by molar-refractivity contribution is -0.902. The van der Waals surface area contributed by atoms with Crippen LogP contribution in [0.2, 0.25) is 0 Å². The Bertz CT molecular complexity index is 658. The van der Waals surface area contributed by atoms with Gasteiger partial charge in [-0.25, -0.2) is 4.39 Å². The molecule has 0 saturated heterocycles. The summed E-state index contributed by atoms with van der Waals surface area (Å²) in [7, 11) is 3.53. The van der Waals surface area contributed by atoms with Crippen molar-refractivity contribution < 1.29 is 18.8 Å². The zero-order chi connectivity index (χ0) is 16.8. The molecule has 0 aliphatic rings. The highest BCUT2D eigenvalue weighted by Crippen LogP contribution is 2.16. The zero-order valence-corrected chi connectivity index (χ0v) is 13.6. The minimum atomic E-state index is -0.255. The van der Waals surface area contributed by atoms with E-state index in [1.807, 2.05) is 32.2 Å². The van der Waals surface area contributed by atoms with Crippen LogP contribution in [-0.4, -0.2) is 26.6 Å². The van der Waals surface area contributed by atoms with Crippen LogP contribution >= 0.6 is 0 Å². The summed E-state index contributed by atoms with van der Waals surface area (Å²) in [5, 5.41) is 2.86. The molecule has 1 amide bonds. The number of ether oxygens (including phenoxy) is 1. The highest BCUT2D eigenvalue weighted by atomic mass is 19.1. The third kappa shape index (κ3) is 4.79. The number of likely N-dealkylation sites (N-methyl/N-ethyl adjacent to an activating group) is 1. The molecular formula is C18H22FN2O2+. The van der Waals surface area contributed by atoms with Gasteiger partial charge in [0.1, 0.15) is 17.6 Å². The van der Waals surface area contributed by atoms with Gasteiger partial charge in [-0.3, -0.25) is 4.79 Å². The summed E-state index contributed by atoms with van der Waals surface area (Å²) in [5.41, 5.74) is 1.70. The molecular weight excluding hydrogens is 295 g/mol. The maximum absolute atomic E-state index is 13.0. The fourth-order valence-electron chi connectivity index (χ4n) is 2.35. The first-order valence-electron chi connectivity index (χ1n) is 7.51. The minimum Gasteiger partial charge on any atom is -0.497 e. The highest BCUT2D eigenvalue weighted by molar-refractivity contribution is 5.91. The smallest absolute Gasteiger partial charge is 0.279 e. The molecule has 5 heteroatoms. The van der Waals surface area contributed by atoms with Gasteiger partial charge in [-0.05, 0) is 31.2 Å². The van der Waals surface area contributed by atoms with Gasteiger partial charge in [0.25, 0.3) is 5.91 Å². The summed E-state index contributed by atoms with van der Waals surface area (Å²) in [5.74, 6) is 0.363. The molecule has 0 fully saturated rings. The number of halogens is 1. The molecule has 2 rings (SSSR count). The van der Waals surface area contributed by atoms with Crippen molar-refractivity contribution in [2.24, 2.45) is 0 Å². The Kier molecular flexibility index (Phi) is 5.71. The van der Waals surface area contributed by atoms with Crippen LogP contribution in [0.5, 0.6) is 5.75 Å². The number of carbonyl (C=O) groups excluding carboxylic acids is 1. The van der Waals surface area contributed by atoms with Gasteiger partial charge in [0.2, 0.25) is 0 Å². The van der Waals surface area contributed by atoms with E-state index in [0.29, 0.717) is 18.0 Å². The van der Waals surface area contributed by atoms with Gasteiger partial charge in [0, 0.05) is 17.3 Å². The van der Waals surface area contributed by atoms with Crippen molar-refractivity contribution in [3.8, 4) is 5.75 Å². The second kappa shape index (κ2) is 7.74. The third-order valence-corrected chi connectivity index (χ3v) is 3.90. The van der Waals surface area contributed by atoms with Crippen molar-refractivity contribution in [1.29, 1.82) is 0 Å². The largest absolute Gasteiger partial charge is 0.497 e. The second-order valence-corrected chi connectivity index (χ2v) is 5.58. The molecule has 4 nitrogen and oxygen atoms in total. The minimum absolute atomic E-state index is 0.0790. The molecule has 0 aliphatic heterocycles. The lowest BCUT2D eigenvalue weighted by atomic mass is 10.1. The predicted molar refractivity (Wildman–Crippen MR) is 88.2 cm³/mol. The van der Waals surface area contributed by atoms with Crippen molar-refractivity contribution in [3.05, 3.63) is 59.9 Å². The highest BCUT2D eigenvalue weighted by Gasteiger charge is 2.18. The Morgan fingerprint density at radius 1 is 1.26 bits per heavy atom. The maximum Gasteiger partial charge on any atom is 0.279 e. The molecule has 0 spiro atoms. The Morgan fingerprint density at radius 3 is 2.61 bits per heavy atom. The number of hydrogen-bond donors (Lipinski definition) is 2. The van der Waals surface area contributed by atoms with E-state index in [4.69, 9.17) is 4.74 Å². The van der Waals surface area contributed by atoms with Crippen LogP contribution in [0, 0.1) is 5.82 Å². The number of hydrogen-bond acceptors (Lipinski definition) is 2. The molecule has 0 bridgehead atoms. The number of quaternary nitrogens is 1. The third-order valence-electron chi connectivity index (χ3n) is 3.90. The molecule has 23 heavy (non-hydrogen) atoms. The van der Waals surface area contributed by atoms with Gasteiger partial charge in [-0.15, -0.1) is 0 Å². The molecule has 0 aromatic heterocycles. The van der Waals surface area contributed by atoms with Crippen LogP contribution in [0.25, 0.3) is 0 Å². The van der Waals surface area contributed by atoms with Crippen LogP contribution in [0.15, 0.2) is 48.5 Å². The van der Waals surface area contributed by atoms with Crippen molar-refractivity contribution in [2.45, 2.75) is 13.0 Å². The average molecular weight is 317 g/mol. The van der Waals surface area contributed by atoms with Crippen molar-refractivity contribution in [1.82, 2.24) is 0 Å². The second-order valence-electron chi connectivity index (χ2n) is 5.58. The Labute approximate surface area is 135 Å². The summed E-state index contributed by atoms with van der Waals surface area (Å²) in [6, 6.07) is 13.7. The molecule has 2 atom stereocenters. The normalized spacial score (nSPS) is 13.2. The van der Waals surface area contributed by atoms with E-state index in [0.717, 1.165) is 10.5 Å². The van der Waals surface area contributed by atoms with E-state index >= 15 is 0 Å². The van der Waals surface area contributed by atoms with Gasteiger partial charge in [-0.2, -0.15) is 0 Å². The van der Waals surface area contributed by atoms with Crippen LogP contribution in [-0.2, 0) is 4.79 Å². The first-order chi connectivity index (χ1) is 11.0. The van der Waals surface area contributed by atoms with Crippen LogP contribution in [0.4, 0.5) is 10.1 Å². The van der Waals surface area contributed by atoms with Crippen LogP contribution < -0.4 is 15.0 Å². The monoisotopic (exact) mass is 317 g/mol. The standard InChI is InChI=1S/C18H21FN2O2/c1-13(14-7-9-15(19)10-8-14)21(2)12-18(22)20-16-5-4-6-17(11-16)23-3/h4-11,13H,12H2,1-3H3,(H,20,22)/p+1/t13-/m1/s1. The molecule has 2 N–H and O–H groups in total. The molecule has 2 aromatic rings. The van der Waals surface area contributed by atoms with E-state index in [9.17, 15) is 9.18 Å². The van der Waals surface area contributed by atoms with Gasteiger partial charge in [0.15, 0.2) is 6.54 Å². The fourth-order valence-corrected chi connectivity index (χ4v) is 2.35. The summed E-state index contributed by atoms with van der Waals surface area (Å²) in [6.45, 7) is 2.33. The first kappa shape index (κ1) is 17.0. The Balaban J connectivity index is 1.94. The molecule has 2 aromatic carbocycles. The van der Waals surface area contributed by atoms with Gasteiger partial charge >= 0.3 is 0 Å². The number of nitrogens with one attached hydrogen (secondary N) is 2. The van der Waals surface area contributed by atoms with Crippen molar-refractivity contribution in [2.75, 3.05) is 26.0 Å². The van der Waals surface area contributed by atoms with Crippen molar-refractivity contribution >= 4 is 11.6 Å². The van der Waals surface area contributed by atoms with E-state index in [2.05, 4.69) is 5.32 Å². The van der Waals surface area contributed by atoms with Crippen LogP contribution in [0.3, 0.4) is 0 Å². The predicted octanol–water partition coefficient (Wildman–Crippen LogP) is 2.05. The summed E-state index contributed by atoms with van der Waals surface area (Å²) in [6.07, 6.45) is 0. The number of anilines is 1. The van der Waals surface area contributed by atoms with E-state index in [1.165, 1.54) is 12.1 Å². The number of benzene rings is 2.